The lowest BCUT2D eigenvalue weighted by Crippen LogP contribution is -1.88. The van der Waals surface area contributed by atoms with E-state index in [2.05, 4.69) is 15.9 Å². The van der Waals surface area contributed by atoms with Gasteiger partial charge in [0, 0.05) is 10.6 Å². The summed E-state index contributed by atoms with van der Waals surface area (Å²) in [5.74, 6) is 0. The Labute approximate surface area is 82.4 Å². The first-order valence-electron chi connectivity index (χ1n) is 2.76. The zero-order chi connectivity index (χ0) is 8.43. The Morgan fingerprint density at radius 3 is 2.45 bits per heavy atom. The van der Waals surface area contributed by atoms with Crippen molar-refractivity contribution in [3.63, 3.8) is 0 Å². The largest absolute Gasteiger partial charge is 0.281 e. The maximum absolute atomic E-state index is 10.8. The molecule has 0 aliphatic rings. The molecule has 0 bridgehead atoms. The van der Waals surface area contributed by atoms with Gasteiger partial charge in [0.1, 0.15) is 0 Å². The minimum absolute atomic E-state index is 0.259. The number of rotatable bonds is 1. The van der Waals surface area contributed by atoms with Crippen LogP contribution in [0.3, 0.4) is 0 Å². The average Bonchev–Trinajstić information content (AvgIpc) is 1.94. The Kier molecular flexibility index (Phi) is 2.93. The highest BCUT2D eigenvalue weighted by atomic mass is 79.9. The van der Waals surface area contributed by atoms with Crippen LogP contribution in [0.5, 0.6) is 0 Å². The van der Waals surface area contributed by atoms with Crippen LogP contribution in [-0.4, -0.2) is 4.69 Å². The molecule has 0 N–H and O–H groups in total. The van der Waals surface area contributed by atoms with Crippen LogP contribution in [0.1, 0.15) is 10.4 Å². The Balaban J connectivity index is 3.23. The number of benzene rings is 1. The molecular formula is C7H3BrCl2O. The summed E-state index contributed by atoms with van der Waals surface area (Å²) in [6.07, 6.45) is 0. The monoisotopic (exact) mass is 252 g/mol. The standard InChI is InChI=1S/C7H3BrCl2O/c8-7(11)5-3-4(9)1-2-6(5)10/h1-3H. The van der Waals surface area contributed by atoms with Crippen LogP contribution in [0.25, 0.3) is 0 Å². The van der Waals surface area contributed by atoms with Gasteiger partial charge in [-0.2, -0.15) is 0 Å². The van der Waals surface area contributed by atoms with Crippen molar-refractivity contribution in [2.45, 2.75) is 0 Å². The van der Waals surface area contributed by atoms with E-state index in [1.54, 1.807) is 12.1 Å². The molecule has 1 aromatic carbocycles. The third kappa shape index (κ3) is 2.19. The van der Waals surface area contributed by atoms with E-state index in [1.165, 1.54) is 6.07 Å². The van der Waals surface area contributed by atoms with E-state index in [0.717, 1.165) is 0 Å². The van der Waals surface area contributed by atoms with Gasteiger partial charge >= 0.3 is 0 Å². The van der Waals surface area contributed by atoms with E-state index in [9.17, 15) is 4.79 Å². The van der Waals surface area contributed by atoms with E-state index in [0.29, 0.717) is 15.6 Å². The molecule has 4 heteroatoms. The molecule has 1 rings (SSSR count). The first-order chi connectivity index (χ1) is 5.11. The lowest BCUT2D eigenvalue weighted by molar-refractivity contribution is 0.109. The van der Waals surface area contributed by atoms with E-state index < -0.39 is 0 Å². The zero-order valence-electron chi connectivity index (χ0n) is 5.27. The molecule has 0 radical (unpaired) electrons. The second kappa shape index (κ2) is 3.57. The molecule has 0 aromatic heterocycles. The van der Waals surface area contributed by atoms with E-state index in [-0.39, 0.29) is 4.69 Å². The molecule has 0 saturated carbocycles. The number of hydrogen-bond donors (Lipinski definition) is 0. The van der Waals surface area contributed by atoms with Gasteiger partial charge in [-0.05, 0) is 34.1 Å². The third-order valence-corrected chi connectivity index (χ3v) is 2.13. The van der Waals surface area contributed by atoms with Gasteiger partial charge in [-0.1, -0.05) is 23.2 Å². The Morgan fingerprint density at radius 2 is 2.00 bits per heavy atom. The van der Waals surface area contributed by atoms with Crippen molar-refractivity contribution in [2.75, 3.05) is 0 Å². The van der Waals surface area contributed by atoms with Crippen LogP contribution < -0.4 is 0 Å². The molecule has 11 heavy (non-hydrogen) atoms. The molecule has 0 heterocycles. The van der Waals surface area contributed by atoms with Gasteiger partial charge < -0.3 is 0 Å². The highest BCUT2D eigenvalue weighted by molar-refractivity contribution is 9.18. The zero-order valence-corrected chi connectivity index (χ0v) is 8.37. The van der Waals surface area contributed by atoms with Crippen molar-refractivity contribution in [1.82, 2.24) is 0 Å². The lowest BCUT2D eigenvalue weighted by Gasteiger charge is -1.97. The topological polar surface area (TPSA) is 17.1 Å². The summed E-state index contributed by atoms with van der Waals surface area (Å²) in [6.45, 7) is 0. The fourth-order valence-corrected chi connectivity index (χ4v) is 1.47. The normalized spacial score (nSPS) is 9.73. The third-order valence-electron chi connectivity index (χ3n) is 1.14. The van der Waals surface area contributed by atoms with Gasteiger partial charge in [-0.3, -0.25) is 4.79 Å². The maximum Gasteiger partial charge on any atom is 0.229 e. The molecule has 0 fully saturated rings. The Morgan fingerprint density at radius 1 is 1.36 bits per heavy atom. The molecule has 0 atom stereocenters. The molecule has 0 spiro atoms. The summed E-state index contributed by atoms with van der Waals surface area (Å²) < 4.78 is -0.259. The minimum Gasteiger partial charge on any atom is -0.281 e. The molecule has 58 valence electrons. The fraction of sp³-hybridized carbons (Fsp3) is 0. The molecule has 0 amide bonds. The van der Waals surface area contributed by atoms with Crippen LogP contribution in [-0.2, 0) is 0 Å². The minimum atomic E-state index is -0.259. The van der Waals surface area contributed by atoms with Crippen LogP contribution >= 0.6 is 39.1 Å². The van der Waals surface area contributed by atoms with Gasteiger partial charge in [0.25, 0.3) is 0 Å². The quantitative estimate of drug-likeness (QED) is 0.700. The van der Waals surface area contributed by atoms with Crippen LogP contribution in [0.4, 0.5) is 0 Å². The van der Waals surface area contributed by atoms with E-state index in [1.807, 2.05) is 0 Å². The Hall–Kier alpha value is -0.0500. The molecule has 0 saturated heterocycles. The van der Waals surface area contributed by atoms with Gasteiger partial charge in [-0.25, -0.2) is 0 Å². The summed E-state index contributed by atoms with van der Waals surface area (Å²) >= 11 is 14.1. The van der Waals surface area contributed by atoms with Crippen LogP contribution in [0.2, 0.25) is 10.0 Å². The molecule has 0 aliphatic carbocycles. The Bertz CT molecular complexity index is 298. The molecule has 0 unspecified atom stereocenters. The number of carbonyl (C=O) groups excluding carboxylic acids is 1. The van der Waals surface area contributed by atoms with E-state index in [4.69, 9.17) is 23.2 Å². The number of halogens is 3. The highest BCUT2D eigenvalue weighted by Gasteiger charge is 2.06. The number of hydrogen-bond acceptors (Lipinski definition) is 1. The lowest BCUT2D eigenvalue weighted by atomic mass is 10.2. The van der Waals surface area contributed by atoms with Crippen LogP contribution in [0.15, 0.2) is 18.2 Å². The molecule has 1 nitrogen and oxygen atoms in total. The van der Waals surface area contributed by atoms with Gasteiger partial charge in [0.05, 0.1) is 5.02 Å². The van der Waals surface area contributed by atoms with Crippen molar-refractivity contribution in [3.05, 3.63) is 33.8 Å². The smallest absolute Gasteiger partial charge is 0.229 e. The van der Waals surface area contributed by atoms with Crippen molar-refractivity contribution < 1.29 is 4.79 Å². The van der Waals surface area contributed by atoms with Gasteiger partial charge in [0.15, 0.2) is 0 Å². The van der Waals surface area contributed by atoms with E-state index >= 15 is 0 Å². The summed E-state index contributed by atoms with van der Waals surface area (Å²) in [5.41, 5.74) is 0.388. The van der Waals surface area contributed by atoms with Crippen molar-refractivity contribution in [3.8, 4) is 0 Å². The maximum atomic E-state index is 10.8. The predicted molar refractivity (Wildman–Crippen MR) is 49.7 cm³/mol. The summed E-state index contributed by atoms with van der Waals surface area (Å²) in [5, 5.41) is 0.897. The average molecular weight is 254 g/mol. The van der Waals surface area contributed by atoms with Gasteiger partial charge in [-0.15, -0.1) is 0 Å². The summed E-state index contributed by atoms with van der Waals surface area (Å²) in [4.78, 5) is 10.8. The first kappa shape index (κ1) is 9.04. The van der Waals surface area contributed by atoms with Crippen molar-refractivity contribution in [1.29, 1.82) is 0 Å². The van der Waals surface area contributed by atoms with Crippen molar-refractivity contribution >= 4 is 43.8 Å². The van der Waals surface area contributed by atoms with Gasteiger partial charge in [0.2, 0.25) is 4.69 Å². The number of carbonyl (C=O) groups is 1. The predicted octanol–water partition coefficient (Wildman–Crippen LogP) is 3.53. The first-order valence-corrected chi connectivity index (χ1v) is 4.31. The highest BCUT2D eigenvalue weighted by Crippen LogP contribution is 2.22. The summed E-state index contributed by atoms with van der Waals surface area (Å²) in [7, 11) is 0. The molecule has 0 aliphatic heterocycles. The SMILES string of the molecule is O=C(Br)c1cc(Cl)ccc1Cl. The summed E-state index contributed by atoms with van der Waals surface area (Å²) in [6, 6.07) is 4.72. The molecule has 1 aromatic rings. The van der Waals surface area contributed by atoms with Crippen LogP contribution in [0, 0.1) is 0 Å². The van der Waals surface area contributed by atoms with Crippen molar-refractivity contribution in [2.24, 2.45) is 0 Å². The second-order valence-electron chi connectivity index (χ2n) is 1.90. The fourth-order valence-electron chi connectivity index (χ4n) is 0.648. The second-order valence-corrected chi connectivity index (χ2v) is 3.46. The molecular weight excluding hydrogens is 251 g/mol.